The van der Waals surface area contributed by atoms with Crippen molar-refractivity contribution in [2.45, 2.75) is 18.3 Å². The van der Waals surface area contributed by atoms with Gasteiger partial charge < -0.3 is 25.0 Å². The Morgan fingerprint density at radius 2 is 1.59 bits per heavy atom. The van der Waals surface area contributed by atoms with Crippen LogP contribution in [0.1, 0.15) is 42.8 Å². The van der Waals surface area contributed by atoms with Crippen molar-refractivity contribution in [3.63, 3.8) is 0 Å². The maximum absolute atomic E-state index is 13.2. The van der Waals surface area contributed by atoms with Crippen LogP contribution in [0, 0.1) is 0 Å². The van der Waals surface area contributed by atoms with Gasteiger partial charge in [0.15, 0.2) is 11.5 Å². The zero-order valence-corrected chi connectivity index (χ0v) is 25.9. The molecule has 3 amide bonds. The highest BCUT2D eigenvalue weighted by atomic mass is 35.5. The summed E-state index contributed by atoms with van der Waals surface area (Å²) in [5.74, 6) is 1.10. The predicted molar refractivity (Wildman–Crippen MR) is 174 cm³/mol. The summed E-state index contributed by atoms with van der Waals surface area (Å²) >= 11 is 7.57. The molecule has 4 aromatic rings. The number of nitrogens with one attached hydrogen (secondary N) is 2. The van der Waals surface area contributed by atoms with Crippen LogP contribution >= 0.6 is 23.4 Å². The van der Waals surface area contributed by atoms with Gasteiger partial charge in [-0.05, 0) is 71.6 Å². The van der Waals surface area contributed by atoms with Gasteiger partial charge in [-0.3, -0.25) is 14.4 Å². The Bertz CT molecular complexity index is 1650. The second kappa shape index (κ2) is 14.3. The van der Waals surface area contributed by atoms with Crippen LogP contribution in [-0.4, -0.2) is 49.1 Å². The molecule has 0 aliphatic carbocycles. The first kappa shape index (κ1) is 31.0. The number of thioether (sulfide) groups is 1. The number of carbonyl (C=O) groups is 3. The molecule has 1 fully saturated rings. The number of anilines is 1. The van der Waals surface area contributed by atoms with Gasteiger partial charge in [0.1, 0.15) is 5.37 Å². The van der Waals surface area contributed by atoms with E-state index in [2.05, 4.69) is 10.6 Å². The zero-order valence-electron chi connectivity index (χ0n) is 24.3. The molecule has 226 valence electrons. The van der Waals surface area contributed by atoms with Crippen molar-refractivity contribution < 1.29 is 23.9 Å². The molecule has 8 nitrogen and oxygen atoms in total. The highest BCUT2D eigenvalue weighted by Crippen LogP contribution is 2.39. The molecule has 0 saturated carbocycles. The number of rotatable bonds is 11. The molecule has 5 rings (SSSR count). The Hall–Kier alpha value is -4.47. The second-order valence-corrected chi connectivity index (χ2v) is 11.6. The Balaban J connectivity index is 1.20. The number of halogens is 1. The van der Waals surface area contributed by atoms with E-state index in [1.165, 1.54) is 0 Å². The first-order valence-corrected chi connectivity index (χ1v) is 15.4. The van der Waals surface area contributed by atoms with E-state index in [4.69, 9.17) is 21.1 Å². The highest BCUT2D eigenvalue weighted by Gasteiger charge is 2.32. The van der Waals surface area contributed by atoms with E-state index in [1.807, 2.05) is 59.5 Å². The van der Waals surface area contributed by atoms with Gasteiger partial charge in [-0.2, -0.15) is 0 Å². The number of hydrogen-bond acceptors (Lipinski definition) is 6. The monoisotopic (exact) mass is 629 g/mol. The summed E-state index contributed by atoms with van der Waals surface area (Å²) in [5.41, 5.74) is 4.13. The lowest BCUT2D eigenvalue weighted by Gasteiger charge is -2.24. The molecule has 44 heavy (non-hydrogen) atoms. The molecule has 10 heteroatoms. The average molecular weight is 630 g/mol. The van der Waals surface area contributed by atoms with Gasteiger partial charge in [-0.15, -0.1) is 11.8 Å². The van der Waals surface area contributed by atoms with Crippen LogP contribution < -0.4 is 20.1 Å². The fraction of sp³-hybridized carbons (Fsp3) is 0.206. The van der Waals surface area contributed by atoms with Gasteiger partial charge in [0.25, 0.3) is 11.8 Å². The molecule has 0 bridgehead atoms. The minimum absolute atomic E-state index is 0.0652. The summed E-state index contributed by atoms with van der Waals surface area (Å²) in [4.78, 5) is 40.7. The molecule has 1 atom stereocenters. The maximum Gasteiger partial charge on any atom is 0.255 e. The number of benzene rings is 4. The van der Waals surface area contributed by atoms with Crippen LogP contribution in [0.5, 0.6) is 11.5 Å². The van der Waals surface area contributed by atoms with Crippen molar-refractivity contribution in [1.29, 1.82) is 0 Å². The van der Waals surface area contributed by atoms with Gasteiger partial charge in [0.05, 0.1) is 31.2 Å². The Kier molecular flexibility index (Phi) is 10.1. The molecule has 1 saturated heterocycles. The van der Waals surface area contributed by atoms with E-state index < -0.39 is 0 Å². The van der Waals surface area contributed by atoms with E-state index in [0.717, 1.165) is 16.7 Å². The molecule has 4 aromatic carbocycles. The minimum atomic E-state index is -0.338. The molecule has 0 aromatic heterocycles. The number of nitrogens with zero attached hydrogens (tertiary/aromatic N) is 1. The highest BCUT2D eigenvalue weighted by molar-refractivity contribution is 8.00. The van der Waals surface area contributed by atoms with Gasteiger partial charge in [-0.25, -0.2) is 0 Å². The smallest absolute Gasteiger partial charge is 0.255 e. The van der Waals surface area contributed by atoms with E-state index in [-0.39, 0.29) is 23.1 Å². The fourth-order valence-electron chi connectivity index (χ4n) is 4.92. The van der Waals surface area contributed by atoms with Gasteiger partial charge >= 0.3 is 0 Å². The third-order valence-electron chi connectivity index (χ3n) is 7.26. The molecule has 0 unspecified atom stereocenters. The Labute approximate surface area is 265 Å². The topological polar surface area (TPSA) is 97.0 Å². The van der Waals surface area contributed by atoms with E-state index in [0.29, 0.717) is 58.6 Å². The third-order valence-corrected chi connectivity index (χ3v) is 8.77. The largest absolute Gasteiger partial charge is 0.493 e. The Morgan fingerprint density at radius 3 is 2.32 bits per heavy atom. The van der Waals surface area contributed by atoms with Crippen molar-refractivity contribution >= 4 is 46.8 Å². The molecule has 1 aliphatic rings. The summed E-state index contributed by atoms with van der Waals surface area (Å²) in [5, 5.41) is 6.30. The van der Waals surface area contributed by atoms with E-state index in [9.17, 15) is 14.4 Å². The van der Waals surface area contributed by atoms with Gasteiger partial charge in [0, 0.05) is 23.7 Å². The number of hydrogen-bond donors (Lipinski definition) is 2. The summed E-state index contributed by atoms with van der Waals surface area (Å²) < 4.78 is 10.6. The molecule has 0 radical (unpaired) electrons. The average Bonchev–Trinajstić information content (AvgIpc) is 3.41. The van der Waals surface area contributed by atoms with Gasteiger partial charge in [0.2, 0.25) is 5.91 Å². The van der Waals surface area contributed by atoms with Crippen LogP contribution in [0.15, 0.2) is 91.0 Å². The van der Waals surface area contributed by atoms with E-state index >= 15 is 0 Å². The molecular weight excluding hydrogens is 598 g/mol. The minimum Gasteiger partial charge on any atom is -0.493 e. The quantitative estimate of drug-likeness (QED) is 0.201. The third kappa shape index (κ3) is 7.35. The van der Waals surface area contributed by atoms with Crippen LogP contribution in [0.2, 0.25) is 5.02 Å². The maximum atomic E-state index is 13.2. The van der Waals surface area contributed by atoms with Crippen LogP contribution in [0.4, 0.5) is 5.69 Å². The molecule has 0 spiro atoms. The molecule has 1 aliphatic heterocycles. The zero-order chi connectivity index (χ0) is 31.1. The number of methoxy groups -OCH3 is 2. The molecular formula is C34H32ClN3O5S. The lowest BCUT2D eigenvalue weighted by atomic mass is 10.1. The number of amides is 3. The first-order chi connectivity index (χ1) is 21.4. The summed E-state index contributed by atoms with van der Waals surface area (Å²) in [6.45, 7) is 0.873. The number of para-hydroxylation sites is 1. The Morgan fingerprint density at radius 1 is 0.886 bits per heavy atom. The first-order valence-electron chi connectivity index (χ1n) is 14.0. The van der Waals surface area contributed by atoms with Crippen molar-refractivity contribution in [3.05, 3.63) is 124 Å². The summed E-state index contributed by atoms with van der Waals surface area (Å²) in [7, 11) is 3.16. The fourth-order valence-corrected chi connectivity index (χ4v) is 6.24. The second-order valence-electron chi connectivity index (χ2n) is 10.1. The lowest BCUT2D eigenvalue weighted by Crippen LogP contribution is -2.27. The van der Waals surface area contributed by atoms with Crippen molar-refractivity contribution in [3.8, 4) is 11.5 Å². The van der Waals surface area contributed by atoms with Crippen molar-refractivity contribution in [2.75, 3.05) is 31.8 Å². The van der Waals surface area contributed by atoms with Crippen LogP contribution in [-0.2, 0) is 17.8 Å². The summed E-state index contributed by atoms with van der Waals surface area (Å²) in [6.07, 6.45) is 0.592. The standard InChI is InChI=1S/C34H32ClN3O5S/c1-42-29-16-9-22(19-30(29)43-2)17-18-36-33(41)27-5-3-4-6-28(27)37-32(40)24-10-12-25(13-11-24)34-38(31(39)21-44-34)20-23-7-14-26(35)15-8-23/h3-16,19,34H,17-18,20-21H2,1-2H3,(H,36,41)(H,37,40)/t34-/m1/s1. The van der Waals surface area contributed by atoms with Crippen LogP contribution in [0.25, 0.3) is 0 Å². The van der Waals surface area contributed by atoms with Crippen molar-refractivity contribution in [1.82, 2.24) is 10.2 Å². The predicted octanol–water partition coefficient (Wildman–Crippen LogP) is 6.36. The SMILES string of the molecule is COc1ccc(CCNC(=O)c2ccccc2NC(=O)c2ccc([C@H]3SCC(=O)N3Cc3ccc(Cl)cc3)cc2)cc1OC. The van der Waals surface area contributed by atoms with Crippen molar-refractivity contribution in [2.24, 2.45) is 0 Å². The van der Waals surface area contributed by atoms with Gasteiger partial charge in [-0.1, -0.05) is 54.1 Å². The molecule has 2 N–H and O–H groups in total. The van der Waals surface area contributed by atoms with Crippen LogP contribution in [0.3, 0.4) is 0 Å². The number of ether oxygens (including phenoxy) is 2. The lowest BCUT2D eigenvalue weighted by molar-refractivity contribution is -0.128. The summed E-state index contributed by atoms with van der Waals surface area (Å²) in [6, 6.07) is 27.2. The number of carbonyl (C=O) groups excluding carboxylic acids is 3. The molecule has 1 heterocycles. The van der Waals surface area contributed by atoms with E-state index in [1.54, 1.807) is 62.4 Å². The normalized spacial score (nSPS) is 14.3.